The maximum absolute atomic E-state index is 4.35. The number of likely N-dealkylation sites (tertiary alicyclic amines) is 1. The van der Waals surface area contributed by atoms with Gasteiger partial charge in [-0.2, -0.15) is 5.10 Å². The molecule has 2 heterocycles. The lowest BCUT2D eigenvalue weighted by Gasteiger charge is -2.34. The van der Waals surface area contributed by atoms with Gasteiger partial charge in [0.25, 0.3) is 0 Å². The van der Waals surface area contributed by atoms with Gasteiger partial charge in [-0.05, 0) is 31.8 Å². The van der Waals surface area contributed by atoms with Gasteiger partial charge in [-0.1, -0.05) is 26.7 Å². The molecule has 0 spiro atoms. The van der Waals surface area contributed by atoms with Gasteiger partial charge in [0.2, 0.25) is 0 Å². The second-order valence-electron chi connectivity index (χ2n) is 6.49. The summed E-state index contributed by atoms with van der Waals surface area (Å²) in [6, 6.07) is 0.580. The fourth-order valence-corrected chi connectivity index (χ4v) is 3.56. The largest absolute Gasteiger partial charge is 0.355 e. The highest BCUT2D eigenvalue weighted by atomic mass is 127. The van der Waals surface area contributed by atoms with E-state index in [0.717, 1.165) is 24.2 Å². The van der Waals surface area contributed by atoms with Crippen molar-refractivity contribution in [1.82, 2.24) is 30.3 Å². The molecule has 2 rings (SSSR count). The minimum absolute atomic E-state index is 0. The molecule has 0 bridgehead atoms. The van der Waals surface area contributed by atoms with Crippen molar-refractivity contribution in [3.8, 4) is 0 Å². The van der Waals surface area contributed by atoms with Gasteiger partial charge in [0.1, 0.15) is 12.2 Å². The zero-order valence-corrected chi connectivity index (χ0v) is 18.4. The topological polar surface area (TPSA) is 70.4 Å². The number of hydrogen-bond donors (Lipinski definition) is 2. The van der Waals surface area contributed by atoms with Gasteiger partial charge in [0.05, 0.1) is 6.54 Å². The second kappa shape index (κ2) is 11.7. The lowest BCUT2D eigenvalue weighted by molar-refractivity contribution is 0.166. The van der Waals surface area contributed by atoms with Crippen LogP contribution in [0.2, 0.25) is 0 Å². The van der Waals surface area contributed by atoms with E-state index in [1.165, 1.54) is 38.8 Å². The summed E-state index contributed by atoms with van der Waals surface area (Å²) in [6.45, 7) is 8.62. The molecule has 0 radical (unpaired) electrons. The van der Waals surface area contributed by atoms with Crippen LogP contribution in [0.1, 0.15) is 45.4 Å². The molecular formula is C17H34IN7. The molecule has 2 N–H and O–H groups in total. The van der Waals surface area contributed by atoms with E-state index in [1.54, 1.807) is 11.0 Å². The molecule has 1 aliphatic rings. The molecular weight excluding hydrogens is 429 g/mol. The Bertz CT molecular complexity index is 505. The Kier molecular flexibility index (Phi) is 10.3. The third-order valence-electron chi connectivity index (χ3n) is 5.12. The monoisotopic (exact) mass is 463 g/mol. The van der Waals surface area contributed by atoms with E-state index in [0.29, 0.717) is 12.6 Å². The zero-order valence-electron chi connectivity index (χ0n) is 16.0. The van der Waals surface area contributed by atoms with Crippen LogP contribution in [-0.4, -0.2) is 58.3 Å². The van der Waals surface area contributed by atoms with Gasteiger partial charge in [0, 0.05) is 26.7 Å². The fraction of sp³-hybridized carbons (Fsp3) is 0.824. The summed E-state index contributed by atoms with van der Waals surface area (Å²) in [6.07, 6.45) is 6.68. The first-order chi connectivity index (χ1) is 11.7. The van der Waals surface area contributed by atoms with Crippen molar-refractivity contribution < 1.29 is 0 Å². The van der Waals surface area contributed by atoms with E-state index >= 15 is 0 Å². The van der Waals surface area contributed by atoms with Crippen LogP contribution in [-0.2, 0) is 13.6 Å². The van der Waals surface area contributed by atoms with Crippen molar-refractivity contribution in [3.05, 3.63) is 12.2 Å². The molecule has 8 heteroatoms. The van der Waals surface area contributed by atoms with Crippen LogP contribution in [0.5, 0.6) is 0 Å². The Morgan fingerprint density at radius 1 is 1.24 bits per heavy atom. The molecule has 0 aliphatic carbocycles. The zero-order chi connectivity index (χ0) is 17.4. The third-order valence-corrected chi connectivity index (χ3v) is 5.12. The van der Waals surface area contributed by atoms with Crippen LogP contribution >= 0.6 is 24.0 Å². The van der Waals surface area contributed by atoms with E-state index in [-0.39, 0.29) is 24.0 Å². The molecule has 1 unspecified atom stereocenters. The number of guanidine groups is 1. The number of aliphatic imine (C=N–C) groups is 1. The number of halogens is 1. The standard InChI is InChI=1S/C17H33N7.HI/c1-5-14(6-2)15(24-9-7-8-10-24)11-19-17(18-3)20-12-16-21-13-22-23(16)4;/h13-15H,5-12H2,1-4H3,(H2,18,19,20);1H. The van der Waals surface area contributed by atoms with Crippen LogP contribution < -0.4 is 10.6 Å². The lowest BCUT2D eigenvalue weighted by atomic mass is 9.93. The van der Waals surface area contributed by atoms with Crippen LogP contribution in [0.25, 0.3) is 0 Å². The number of nitrogens with one attached hydrogen (secondary N) is 2. The number of hydrogen-bond acceptors (Lipinski definition) is 4. The molecule has 1 atom stereocenters. The first-order valence-corrected chi connectivity index (χ1v) is 9.21. The van der Waals surface area contributed by atoms with Crippen LogP contribution in [0.3, 0.4) is 0 Å². The summed E-state index contributed by atoms with van der Waals surface area (Å²) in [5.74, 6) is 2.45. The molecule has 25 heavy (non-hydrogen) atoms. The number of rotatable bonds is 8. The molecule has 1 fully saturated rings. The van der Waals surface area contributed by atoms with Crippen LogP contribution in [0, 0.1) is 5.92 Å². The Labute approximate surface area is 169 Å². The number of nitrogens with zero attached hydrogens (tertiary/aromatic N) is 5. The van der Waals surface area contributed by atoms with Crippen molar-refractivity contribution in [1.29, 1.82) is 0 Å². The molecule has 0 amide bonds. The summed E-state index contributed by atoms with van der Waals surface area (Å²) < 4.78 is 1.78. The van der Waals surface area contributed by atoms with Gasteiger partial charge < -0.3 is 10.6 Å². The maximum Gasteiger partial charge on any atom is 0.191 e. The van der Waals surface area contributed by atoms with Crippen molar-refractivity contribution >= 4 is 29.9 Å². The highest BCUT2D eigenvalue weighted by Gasteiger charge is 2.27. The highest BCUT2D eigenvalue weighted by Crippen LogP contribution is 2.22. The van der Waals surface area contributed by atoms with Crippen molar-refractivity contribution in [2.24, 2.45) is 18.0 Å². The fourth-order valence-electron chi connectivity index (χ4n) is 3.56. The Hall–Kier alpha value is -0.900. The van der Waals surface area contributed by atoms with Crippen LogP contribution in [0.15, 0.2) is 11.3 Å². The molecule has 7 nitrogen and oxygen atoms in total. The van der Waals surface area contributed by atoms with Crippen molar-refractivity contribution in [3.63, 3.8) is 0 Å². The first-order valence-electron chi connectivity index (χ1n) is 9.21. The average Bonchev–Trinajstić information content (AvgIpc) is 3.26. The number of aryl methyl sites for hydroxylation is 1. The molecule has 1 aliphatic heterocycles. The quantitative estimate of drug-likeness (QED) is 0.351. The van der Waals surface area contributed by atoms with E-state index < -0.39 is 0 Å². The first kappa shape index (κ1) is 22.1. The maximum atomic E-state index is 4.35. The molecule has 0 saturated carbocycles. The Morgan fingerprint density at radius 3 is 2.44 bits per heavy atom. The van der Waals surface area contributed by atoms with E-state index in [4.69, 9.17) is 0 Å². The third kappa shape index (κ3) is 6.40. The summed E-state index contributed by atoms with van der Waals surface area (Å²) in [5, 5.41) is 10.9. The predicted molar refractivity (Wildman–Crippen MR) is 113 cm³/mol. The minimum atomic E-state index is 0. The summed E-state index contributed by atoms with van der Waals surface area (Å²) in [5.41, 5.74) is 0. The summed E-state index contributed by atoms with van der Waals surface area (Å²) >= 11 is 0. The molecule has 0 aromatic carbocycles. The van der Waals surface area contributed by atoms with Gasteiger partial charge in [-0.3, -0.25) is 14.6 Å². The molecule has 1 saturated heterocycles. The molecule has 144 valence electrons. The summed E-state index contributed by atoms with van der Waals surface area (Å²) in [4.78, 5) is 11.2. The SMILES string of the molecule is CCC(CC)C(CNC(=NC)NCc1ncnn1C)N1CCCC1.I. The average molecular weight is 463 g/mol. The van der Waals surface area contributed by atoms with Gasteiger partial charge in [-0.25, -0.2) is 4.98 Å². The van der Waals surface area contributed by atoms with E-state index in [2.05, 4.69) is 44.5 Å². The predicted octanol–water partition coefficient (Wildman–Crippen LogP) is 2.00. The second-order valence-corrected chi connectivity index (χ2v) is 6.49. The van der Waals surface area contributed by atoms with Gasteiger partial charge >= 0.3 is 0 Å². The summed E-state index contributed by atoms with van der Waals surface area (Å²) in [7, 11) is 3.71. The Morgan fingerprint density at radius 2 is 1.92 bits per heavy atom. The minimum Gasteiger partial charge on any atom is -0.355 e. The number of aromatic nitrogens is 3. The van der Waals surface area contributed by atoms with E-state index in [9.17, 15) is 0 Å². The van der Waals surface area contributed by atoms with Gasteiger partial charge in [-0.15, -0.1) is 24.0 Å². The van der Waals surface area contributed by atoms with Gasteiger partial charge in [0.15, 0.2) is 5.96 Å². The van der Waals surface area contributed by atoms with Crippen molar-refractivity contribution in [2.45, 2.75) is 52.1 Å². The molecule has 1 aromatic rings. The highest BCUT2D eigenvalue weighted by molar-refractivity contribution is 14.0. The molecule has 1 aromatic heterocycles. The van der Waals surface area contributed by atoms with E-state index in [1.807, 2.05) is 14.1 Å². The van der Waals surface area contributed by atoms with Crippen molar-refractivity contribution in [2.75, 3.05) is 26.7 Å². The van der Waals surface area contributed by atoms with Crippen LogP contribution in [0.4, 0.5) is 0 Å². The lowest BCUT2D eigenvalue weighted by Crippen LogP contribution is -2.49. The Balaban J connectivity index is 0.00000312. The normalized spacial score (nSPS) is 16.8. The smallest absolute Gasteiger partial charge is 0.191 e.